The van der Waals surface area contributed by atoms with Crippen molar-refractivity contribution < 1.29 is 23.1 Å². The average Bonchev–Trinajstić information content (AvgIpc) is 2.27. The molecule has 1 aromatic rings. The smallest absolute Gasteiger partial charge is 0.423 e. The standard InChI is InChI=1S/C12H13F3N2O2/c1-11(2,3)10(19)8(12(13,14)15)9(18)7-4-5-16-6-17-7/h4-6,19H,1-3H3/b10-8+. The second-order valence-corrected chi connectivity index (χ2v) is 4.90. The second kappa shape index (κ2) is 4.99. The van der Waals surface area contributed by atoms with Gasteiger partial charge in [-0.2, -0.15) is 13.2 Å². The van der Waals surface area contributed by atoms with E-state index in [4.69, 9.17) is 0 Å². The summed E-state index contributed by atoms with van der Waals surface area (Å²) in [6.07, 6.45) is -2.84. The summed E-state index contributed by atoms with van der Waals surface area (Å²) >= 11 is 0. The van der Waals surface area contributed by atoms with E-state index in [1.54, 1.807) is 0 Å². The SMILES string of the molecule is CC(C)(C)/C(O)=C(/C(=O)c1ccncn1)C(F)(F)F. The number of Topliss-reactive ketones (excluding diaryl/α,β-unsaturated/α-hetero) is 1. The summed E-state index contributed by atoms with van der Waals surface area (Å²) in [4.78, 5) is 18.8. The van der Waals surface area contributed by atoms with Crippen molar-refractivity contribution in [1.29, 1.82) is 0 Å². The molecule has 0 aliphatic carbocycles. The highest BCUT2D eigenvalue weighted by molar-refractivity contribution is 6.08. The first kappa shape index (κ1) is 15.1. The first-order chi connectivity index (χ1) is 8.55. The van der Waals surface area contributed by atoms with Gasteiger partial charge in [0.2, 0.25) is 5.78 Å². The fraction of sp³-hybridized carbons (Fsp3) is 0.417. The van der Waals surface area contributed by atoms with Crippen LogP contribution in [0.15, 0.2) is 29.9 Å². The Morgan fingerprint density at radius 3 is 2.21 bits per heavy atom. The van der Waals surface area contributed by atoms with E-state index in [2.05, 4.69) is 9.97 Å². The number of hydrogen-bond donors (Lipinski definition) is 1. The first-order valence-corrected chi connectivity index (χ1v) is 5.36. The first-order valence-electron chi connectivity index (χ1n) is 5.36. The molecule has 0 aliphatic rings. The van der Waals surface area contributed by atoms with Gasteiger partial charge in [0, 0.05) is 11.6 Å². The maximum atomic E-state index is 13.0. The van der Waals surface area contributed by atoms with Crippen molar-refractivity contribution >= 4 is 5.78 Å². The number of aromatic nitrogens is 2. The number of ketones is 1. The number of alkyl halides is 3. The maximum Gasteiger partial charge on any atom is 0.423 e. The lowest BCUT2D eigenvalue weighted by Crippen LogP contribution is -2.27. The van der Waals surface area contributed by atoms with E-state index >= 15 is 0 Å². The van der Waals surface area contributed by atoms with E-state index in [-0.39, 0.29) is 0 Å². The summed E-state index contributed by atoms with van der Waals surface area (Å²) in [5.41, 5.74) is -3.22. The molecule has 104 valence electrons. The minimum atomic E-state index is -4.96. The Kier molecular flexibility index (Phi) is 3.97. The van der Waals surface area contributed by atoms with Crippen molar-refractivity contribution in [3.63, 3.8) is 0 Å². The van der Waals surface area contributed by atoms with Gasteiger partial charge < -0.3 is 5.11 Å². The fourth-order valence-corrected chi connectivity index (χ4v) is 1.30. The lowest BCUT2D eigenvalue weighted by Gasteiger charge is -2.22. The number of nitrogens with zero attached hydrogens (tertiary/aromatic N) is 2. The second-order valence-electron chi connectivity index (χ2n) is 4.90. The number of allylic oxidation sites excluding steroid dienone is 2. The predicted octanol–water partition coefficient (Wildman–Crippen LogP) is 3.08. The molecular weight excluding hydrogens is 261 g/mol. The van der Waals surface area contributed by atoms with E-state index in [9.17, 15) is 23.1 Å². The molecule has 0 aliphatic heterocycles. The highest BCUT2D eigenvalue weighted by atomic mass is 19.4. The van der Waals surface area contributed by atoms with Gasteiger partial charge in [0.05, 0.1) is 0 Å². The molecule has 7 heteroatoms. The van der Waals surface area contributed by atoms with E-state index in [1.165, 1.54) is 20.8 Å². The van der Waals surface area contributed by atoms with Crippen molar-refractivity contribution in [2.75, 3.05) is 0 Å². The van der Waals surface area contributed by atoms with E-state index in [0.717, 1.165) is 18.6 Å². The minimum absolute atomic E-state index is 0.418. The number of carbonyl (C=O) groups is 1. The molecule has 0 unspecified atom stereocenters. The molecule has 1 aromatic heterocycles. The zero-order chi connectivity index (χ0) is 14.8. The molecule has 0 amide bonds. The predicted molar refractivity (Wildman–Crippen MR) is 61.5 cm³/mol. The van der Waals surface area contributed by atoms with Gasteiger partial charge in [-0.25, -0.2) is 9.97 Å². The molecule has 0 aromatic carbocycles. The summed E-state index contributed by atoms with van der Waals surface area (Å²) in [5, 5.41) is 9.71. The third kappa shape index (κ3) is 3.52. The van der Waals surface area contributed by atoms with Crippen LogP contribution < -0.4 is 0 Å². The molecule has 0 radical (unpaired) electrons. The van der Waals surface area contributed by atoms with Crippen LogP contribution in [-0.2, 0) is 0 Å². The largest absolute Gasteiger partial charge is 0.511 e. The quantitative estimate of drug-likeness (QED) is 0.511. The van der Waals surface area contributed by atoms with Gasteiger partial charge in [0.1, 0.15) is 23.4 Å². The summed E-state index contributed by atoms with van der Waals surface area (Å²) in [7, 11) is 0. The number of rotatable bonds is 2. The molecule has 0 saturated carbocycles. The topological polar surface area (TPSA) is 63.1 Å². The number of carbonyl (C=O) groups excluding carboxylic acids is 1. The number of hydrogen-bond acceptors (Lipinski definition) is 4. The van der Waals surface area contributed by atoms with Gasteiger partial charge in [-0.05, 0) is 6.07 Å². The Morgan fingerprint density at radius 1 is 1.26 bits per heavy atom. The van der Waals surface area contributed by atoms with Crippen LogP contribution in [0.3, 0.4) is 0 Å². The van der Waals surface area contributed by atoms with Crippen molar-refractivity contribution in [3.05, 3.63) is 35.6 Å². The molecule has 1 N–H and O–H groups in total. The van der Waals surface area contributed by atoms with Crippen LogP contribution in [0.25, 0.3) is 0 Å². The number of halogens is 3. The molecule has 1 heterocycles. The Morgan fingerprint density at radius 2 is 1.84 bits per heavy atom. The molecular formula is C12H13F3N2O2. The zero-order valence-corrected chi connectivity index (χ0v) is 10.6. The lowest BCUT2D eigenvalue weighted by molar-refractivity contribution is -0.0928. The van der Waals surface area contributed by atoms with Gasteiger partial charge >= 0.3 is 6.18 Å². The van der Waals surface area contributed by atoms with Gasteiger partial charge in [-0.1, -0.05) is 20.8 Å². The molecule has 0 atom stereocenters. The van der Waals surface area contributed by atoms with Crippen molar-refractivity contribution in [2.24, 2.45) is 5.41 Å². The summed E-state index contributed by atoms with van der Waals surface area (Å²) in [6.45, 7) is 4.13. The normalized spacial score (nSPS) is 14.0. The summed E-state index contributed by atoms with van der Waals surface area (Å²) in [5.74, 6) is -2.38. The van der Waals surface area contributed by atoms with Gasteiger partial charge in [0.15, 0.2) is 0 Å². The molecule has 1 rings (SSSR count). The van der Waals surface area contributed by atoms with E-state index < -0.39 is 34.4 Å². The highest BCUT2D eigenvalue weighted by Gasteiger charge is 2.44. The maximum absolute atomic E-state index is 13.0. The molecule has 19 heavy (non-hydrogen) atoms. The minimum Gasteiger partial charge on any atom is -0.511 e. The Bertz CT molecular complexity index is 502. The van der Waals surface area contributed by atoms with E-state index in [1.807, 2.05) is 0 Å². The third-order valence-corrected chi connectivity index (χ3v) is 2.27. The lowest BCUT2D eigenvalue weighted by atomic mass is 9.88. The van der Waals surface area contributed by atoms with Crippen LogP contribution in [0.5, 0.6) is 0 Å². The van der Waals surface area contributed by atoms with E-state index in [0.29, 0.717) is 0 Å². The Balaban J connectivity index is 3.41. The summed E-state index contributed by atoms with van der Waals surface area (Å²) < 4.78 is 38.9. The monoisotopic (exact) mass is 274 g/mol. The molecule has 0 saturated heterocycles. The highest BCUT2D eigenvalue weighted by Crippen LogP contribution is 2.36. The van der Waals surface area contributed by atoms with Crippen molar-refractivity contribution in [2.45, 2.75) is 26.9 Å². The molecule has 4 nitrogen and oxygen atoms in total. The third-order valence-electron chi connectivity index (χ3n) is 2.27. The van der Waals surface area contributed by atoms with Gasteiger partial charge in [0.25, 0.3) is 0 Å². The van der Waals surface area contributed by atoms with Crippen LogP contribution in [0.4, 0.5) is 13.2 Å². The Hall–Kier alpha value is -1.92. The van der Waals surface area contributed by atoms with Crippen molar-refractivity contribution in [3.8, 4) is 0 Å². The van der Waals surface area contributed by atoms with Crippen LogP contribution in [0.2, 0.25) is 0 Å². The summed E-state index contributed by atoms with van der Waals surface area (Å²) in [6, 6.07) is 1.06. The molecule has 0 spiro atoms. The van der Waals surface area contributed by atoms with Crippen LogP contribution in [-0.4, -0.2) is 27.0 Å². The van der Waals surface area contributed by atoms with Crippen LogP contribution >= 0.6 is 0 Å². The van der Waals surface area contributed by atoms with Gasteiger partial charge in [-0.15, -0.1) is 0 Å². The number of aliphatic hydroxyl groups is 1. The zero-order valence-electron chi connectivity index (χ0n) is 10.6. The van der Waals surface area contributed by atoms with Crippen LogP contribution in [0, 0.1) is 5.41 Å². The van der Waals surface area contributed by atoms with Crippen LogP contribution in [0.1, 0.15) is 31.3 Å². The van der Waals surface area contributed by atoms with Crippen molar-refractivity contribution in [1.82, 2.24) is 9.97 Å². The number of aliphatic hydroxyl groups excluding tert-OH is 1. The molecule has 0 bridgehead atoms. The fourth-order valence-electron chi connectivity index (χ4n) is 1.30. The molecule has 0 fully saturated rings. The average molecular weight is 274 g/mol. The Labute approximate surface area is 108 Å². The van der Waals surface area contributed by atoms with Gasteiger partial charge in [-0.3, -0.25) is 4.79 Å².